The quantitative estimate of drug-likeness (QED) is 0.774. The highest BCUT2D eigenvalue weighted by Gasteiger charge is 2.10. The van der Waals surface area contributed by atoms with Gasteiger partial charge in [-0.3, -0.25) is 0 Å². The number of aromatic nitrogens is 1. The lowest BCUT2D eigenvalue weighted by Gasteiger charge is -2.04. The molecule has 1 aromatic heterocycles. The SMILES string of the molecule is CNS(=O)(=O)Cc1ccc2[nH]cc(CCN)c2c1.Cl. The number of benzene rings is 1. The third-order valence-electron chi connectivity index (χ3n) is 2.91. The Morgan fingerprint density at radius 3 is 2.74 bits per heavy atom. The summed E-state index contributed by atoms with van der Waals surface area (Å²) in [7, 11) is -1.81. The van der Waals surface area contributed by atoms with Gasteiger partial charge in [-0.05, 0) is 43.3 Å². The largest absolute Gasteiger partial charge is 0.361 e. The molecule has 0 fully saturated rings. The molecule has 0 spiro atoms. The van der Waals surface area contributed by atoms with Crippen LogP contribution in [0.25, 0.3) is 10.9 Å². The lowest BCUT2D eigenvalue weighted by Crippen LogP contribution is -2.20. The molecule has 0 aliphatic rings. The Bertz CT molecular complexity index is 652. The first-order chi connectivity index (χ1) is 8.55. The number of sulfonamides is 1. The maximum Gasteiger partial charge on any atom is 0.215 e. The topological polar surface area (TPSA) is 88.0 Å². The number of rotatable bonds is 5. The summed E-state index contributed by atoms with van der Waals surface area (Å²) in [6.45, 7) is 0.575. The van der Waals surface area contributed by atoms with Crippen LogP contribution in [0.1, 0.15) is 11.1 Å². The Balaban J connectivity index is 0.00000180. The molecule has 19 heavy (non-hydrogen) atoms. The molecule has 0 aliphatic carbocycles. The van der Waals surface area contributed by atoms with Gasteiger partial charge < -0.3 is 10.7 Å². The van der Waals surface area contributed by atoms with E-state index in [1.807, 2.05) is 24.4 Å². The second-order valence-corrected chi connectivity index (χ2v) is 6.12. The van der Waals surface area contributed by atoms with E-state index in [0.29, 0.717) is 6.54 Å². The molecule has 4 N–H and O–H groups in total. The molecule has 0 unspecified atom stereocenters. The standard InChI is InChI=1S/C12H17N3O2S.ClH/c1-14-18(16,17)8-9-2-3-12-11(6-9)10(4-5-13)7-15-12;/h2-3,6-7,14-15H,4-5,8,13H2,1H3;1H. The zero-order valence-corrected chi connectivity index (χ0v) is 12.3. The van der Waals surface area contributed by atoms with Gasteiger partial charge in [-0.25, -0.2) is 13.1 Å². The second kappa shape index (κ2) is 6.38. The Labute approximate surface area is 119 Å². The van der Waals surface area contributed by atoms with E-state index in [-0.39, 0.29) is 18.2 Å². The highest BCUT2D eigenvalue weighted by atomic mass is 35.5. The summed E-state index contributed by atoms with van der Waals surface area (Å²) in [6, 6.07) is 5.63. The molecular weight excluding hydrogens is 286 g/mol. The Morgan fingerprint density at radius 1 is 1.37 bits per heavy atom. The van der Waals surface area contributed by atoms with Gasteiger partial charge in [-0.2, -0.15) is 0 Å². The molecular formula is C12H18ClN3O2S. The first-order valence-electron chi connectivity index (χ1n) is 5.76. The smallest absolute Gasteiger partial charge is 0.215 e. The van der Waals surface area contributed by atoms with E-state index in [2.05, 4.69) is 9.71 Å². The average molecular weight is 304 g/mol. The van der Waals surface area contributed by atoms with Gasteiger partial charge >= 0.3 is 0 Å². The molecule has 1 heterocycles. The lowest BCUT2D eigenvalue weighted by atomic mass is 10.1. The van der Waals surface area contributed by atoms with Crippen LogP contribution in [0.5, 0.6) is 0 Å². The van der Waals surface area contributed by atoms with Crippen molar-refractivity contribution in [1.29, 1.82) is 0 Å². The maximum absolute atomic E-state index is 11.5. The monoisotopic (exact) mass is 303 g/mol. The van der Waals surface area contributed by atoms with Gasteiger partial charge in [-0.1, -0.05) is 6.07 Å². The van der Waals surface area contributed by atoms with Crippen molar-refractivity contribution in [3.63, 3.8) is 0 Å². The number of halogens is 1. The Hall–Kier alpha value is -1.08. The van der Waals surface area contributed by atoms with Crippen LogP contribution in [-0.2, 0) is 22.2 Å². The number of nitrogens with one attached hydrogen (secondary N) is 2. The summed E-state index contributed by atoms with van der Waals surface area (Å²) in [6.07, 6.45) is 2.70. The van der Waals surface area contributed by atoms with Gasteiger partial charge in [0.2, 0.25) is 10.0 Å². The first kappa shape index (κ1) is 16.0. The molecule has 7 heteroatoms. The second-order valence-electron chi connectivity index (χ2n) is 4.20. The van der Waals surface area contributed by atoms with Crippen LogP contribution in [0.4, 0.5) is 0 Å². The fourth-order valence-electron chi connectivity index (χ4n) is 1.97. The highest BCUT2D eigenvalue weighted by molar-refractivity contribution is 7.88. The molecule has 0 aliphatic heterocycles. The minimum atomic E-state index is -3.23. The highest BCUT2D eigenvalue weighted by Crippen LogP contribution is 2.21. The van der Waals surface area contributed by atoms with Gasteiger partial charge in [0.25, 0.3) is 0 Å². The fraction of sp³-hybridized carbons (Fsp3) is 0.333. The molecule has 0 atom stereocenters. The van der Waals surface area contributed by atoms with Crippen molar-refractivity contribution >= 4 is 33.3 Å². The van der Waals surface area contributed by atoms with Crippen molar-refractivity contribution in [3.05, 3.63) is 35.5 Å². The molecule has 0 bridgehead atoms. The zero-order chi connectivity index (χ0) is 13.2. The van der Waals surface area contributed by atoms with E-state index in [1.54, 1.807) is 0 Å². The normalized spacial score (nSPS) is 11.5. The van der Waals surface area contributed by atoms with E-state index in [9.17, 15) is 8.42 Å². The molecule has 0 saturated heterocycles. The summed E-state index contributed by atoms with van der Waals surface area (Å²) >= 11 is 0. The molecule has 5 nitrogen and oxygen atoms in total. The van der Waals surface area contributed by atoms with Crippen LogP contribution in [0, 0.1) is 0 Å². The predicted octanol–water partition coefficient (Wildman–Crippen LogP) is 1.14. The van der Waals surface area contributed by atoms with Gasteiger partial charge in [0, 0.05) is 17.1 Å². The summed E-state index contributed by atoms with van der Waals surface area (Å²) in [5.41, 5.74) is 8.45. The molecule has 2 rings (SSSR count). The number of aromatic amines is 1. The van der Waals surface area contributed by atoms with Crippen LogP contribution < -0.4 is 10.5 Å². The van der Waals surface area contributed by atoms with Gasteiger partial charge in [0.15, 0.2) is 0 Å². The van der Waals surface area contributed by atoms with Crippen molar-refractivity contribution in [3.8, 4) is 0 Å². The van der Waals surface area contributed by atoms with E-state index >= 15 is 0 Å². The minimum absolute atomic E-state index is 0. The minimum Gasteiger partial charge on any atom is -0.361 e. The van der Waals surface area contributed by atoms with E-state index in [1.165, 1.54) is 7.05 Å². The molecule has 106 valence electrons. The average Bonchev–Trinajstić information content (AvgIpc) is 2.72. The first-order valence-corrected chi connectivity index (χ1v) is 7.41. The van der Waals surface area contributed by atoms with E-state index < -0.39 is 10.0 Å². The summed E-state index contributed by atoms with van der Waals surface area (Å²) in [5.74, 6) is -0.00726. The third kappa shape index (κ3) is 3.70. The zero-order valence-electron chi connectivity index (χ0n) is 10.6. The van der Waals surface area contributed by atoms with Gasteiger partial charge in [-0.15, -0.1) is 12.4 Å². The fourth-order valence-corrected chi connectivity index (χ4v) is 2.73. The maximum atomic E-state index is 11.5. The summed E-state index contributed by atoms with van der Waals surface area (Å²) in [5, 5.41) is 1.05. The summed E-state index contributed by atoms with van der Waals surface area (Å²) in [4.78, 5) is 3.16. The van der Waals surface area contributed by atoms with E-state index in [4.69, 9.17) is 5.73 Å². The third-order valence-corrected chi connectivity index (χ3v) is 4.25. The summed E-state index contributed by atoms with van der Waals surface area (Å²) < 4.78 is 25.3. The Kier molecular flexibility index (Phi) is 5.37. The molecule has 0 amide bonds. The van der Waals surface area contributed by atoms with E-state index in [0.717, 1.165) is 28.5 Å². The van der Waals surface area contributed by atoms with Crippen LogP contribution in [0.15, 0.2) is 24.4 Å². The number of nitrogens with two attached hydrogens (primary N) is 1. The van der Waals surface area contributed by atoms with Gasteiger partial charge in [0.05, 0.1) is 5.75 Å². The van der Waals surface area contributed by atoms with Crippen molar-refractivity contribution < 1.29 is 8.42 Å². The van der Waals surface area contributed by atoms with Crippen molar-refractivity contribution in [2.45, 2.75) is 12.2 Å². The molecule has 0 saturated carbocycles. The Morgan fingerprint density at radius 2 is 2.11 bits per heavy atom. The van der Waals surface area contributed by atoms with Crippen molar-refractivity contribution in [2.75, 3.05) is 13.6 Å². The molecule has 0 radical (unpaired) electrons. The number of hydrogen-bond donors (Lipinski definition) is 3. The number of hydrogen-bond acceptors (Lipinski definition) is 3. The lowest BCUT2D eigenvalue weighted by molar-refractivity contribution is 0.587. The van der Waals surface area contributed by atoms with Crippen LogP contribution >= 0.6 is 12.4 Å². The molecule has 2 aromatic rings. The van der Waals surface area contributed by atoms with Crippen LogP contribution in [0.2, 0.25) is 0 Å². The number of H-pyrrole nitrogens is 1. The predicted molar refractivity (Wildman–Crippen MR) is 80.0 cm³/mol. The molecule has 1 aromatic carbocycles. The number of fused-ring (bicyclic) bond motifs is 1. The van der Waals surface area contributed by atoms with Crippen molar-refractivity contribution in [2.24, 2.45) is 5.73 Å². The van der Waals surface area contributed by atoms with Crippen LogP contribution in [0.3, 0.4) is 0 Å². The van der Waals surface area contributed by atoms with Crippen LogP contribution in [-0.4, -0.2) is 27.0 Å². The van der Waals surface area contributed by atoms with Gasteiger partial charge in [0.1, 0.15) is 0 Å². The van der Waals surface area contributed by atoms with Crippen molar-refractivity contribution in [1.82, 2.24) is 9.71 Å².